The number of alkyl halides is 1. The molecule has 1 rings (SSSR count). The third-order valence-corrected chi connectivity index (χ3v) is 2.53. The second-order valence-corrected chi connectivity index (χ2v) is 3.37. The molecule has 0 radical (unpaired) electrons. The van der Waals surface area contributed by atoms with Crippen molar-refractivity contribution >= 4 is 39.1 Å². The number of rotatable bonds is 1. The maximum atomic E-state index is 9.33. The summed E-state index contributed by atoms with van der Waals surface area (Å²) in [4.78, 5) is 0. The number of halogens is 3. The number of benzene rings is 1. The Labute approximate surface area is 83.1 Å². The summed E-state index contributed by atoms with van der Waals surface area (Å²) in [7, 11) is 0. The fraction of sp³-hybridized carbons (Fsp3) is 0.143. The Kier molecular flexibility index (Phi) is 3.05. The highest BCUT2D eigenvalue weighted by Gasteiger charge is 2.07. The maximum Gasteiger partial charge on any atom is 0.139 e. The van der Waals surface area contributed by atoms with Gasteiger partial charge in [0.1, 0.15) is 5.75 Å². The largest absolute Gasteiger partial charge is 0.506 e. The van der Waals surface area contributed by atoms with Gasteiger partial charge in [0.15, 0.2) is 0 Å². The second kappa shape index (κ2) is 3.65. The van der Waals surface area contributed by atoms with Gasteiger partial charge in [-0.2, -0.15) is 0 Å². The lowest BCUT2D eigenvalue weighted by Crippen LogP contribution is -1.81. The van der Waals surface area contributed by atoms with Gasteiger partial charge in [0, 0.05) is 15.9 Å². The van der Waals surface area contributed by atoms with Crippen molar-refractivity contribution in [3.8, 4) is 5.75 Å². The molecule has 0 amide bonds. The van der Waals surface area contributed by atoms with E-state index in [4.69, 9.17) is 23.2 Å². The molecule has 0 bridgehead atoms. The number of phenols is 1. The monoisotopic (exact) mass is 254 g/mol. The van der Waals surface area contributed by atoms with E-state index in [2.05, 4.69) is 15.9 Å². The molecule has 0 fully saturated rings. The average Bonchev–Trinajstić information content (AvgIpc) is 1.99. The zero-order valence-corrected chi connectivity index (χ0v) is 8.54. The summed E-state index contributed by atoms with van der Waals surface area (Å²) in [6.45, 7) is 0. The van der Waals surface area contributed by atoms with Crippen LogP contribution in [0.1, 0.15) is 5.56 Å². The highest BCUT2D eigenvalue weighted by atomic mass is 79.9. The molecule has 0 saturated heterocycles. The molecule has 0 aliphatic heterocycles. The van der Waals surface area contributed by atoms with Gasteiger partial charge in [-0.1, -0.05) is 39.1 Å². The van der Waals surface area contributed by atoms with Crippen molar-refractivity contribution < 1.29 is 5.11 Å². The maximum absolute atomic E-state index is 9.33. The van der Waals surface area contributed by atoms with Gasteiger partial charge in [-0.15, -0.1) is 0 Å². The molecule has 1 nitrogen and oxygen atoms in total. The first-order valence-corrected chi connectivity index (χ1v) is 4.76. The van der Waals surface area contributed by atoms with E-state index < -0.39 is 0 Å². The smallest absolute Gasteiger partial charge is 0.139 e. The lowest BCUT2D eigenvalue weighted by atomic mass is 10.2. The Morgan fingerprint density at radius 1 is 1.27 bits per heavy atom. The van der Waals surface area contributed by atoms with Gasteiger partial charge in [0.25, 0.3) is 0 Å². The fourth-order valence-corrected chi connectivity index (χ4v) is 1.84. The molecule has 1 aromatic rings. The molecule has 60 valence electrons. The topological polar surface area (TPSA) is 20.2 Å². The third kappa shape index (κ3) is 1.81. The molecule has 1 N–H and O–H groups in total. The minimum atomic E-state index is 0.0519. The quantitative estimate of drug-likeness (QED) is 0.761. The van der Waals surface area contributed by atoms with Crippen molar-refractivity contribution in [1.82, 2.24) is 0 Å². The molecule has 0 aromatic heterocycles. The van der Waals surface area contributed by atoms with Gasteiger partial charge in [-0.25, -0.2) is 0 Å². The molecule has 0 spiro atoms. The zero-order chi connectivity index (χ0) is 8.43. The molecule has 0 aliphatic carbocycles. The molecule has 0 saturated carbocycles. The lowest BCUT2D eigenvalue weighted by Gasteiger charge is -2.03. The van der Waals surface area contributed by atoms with Crippen LogP contribution in [0.4, 0.5) is 0 Å². The molecular weight excluding hydrogens is 251 g/mol. The number of phenolic OH excluding ortho intramolecular Hbond substituents is 1. The Balaban J connectivity index is 3.29. The Bertz CT molecular complexity index is 275. The standard InChI is InChI=1S/C7H5BrCl2O/c8-3-4-5(9)1-2-6(10)7(4)11/h1-2,11H,3H2. The summed E-state index contributed by atoms with van der Waals surface area (Å²) in [6.07, 6.45) is 0. The van der Waals surface area contributed by atoms with E-state index in [-0.39, 0.29) is 5.75 Å². The third-order valence-electron chi connectivity index (χ3n) is 1.31. The predicted octanol–water partition coefficient (Wildman–Crippen LogP) is 3.59. The first kappa shape index (κ1) is 9.17. The van der Waals surface area contributed by atoms with Gasteiger partial charge in [0.05, 0.1) is 5.02 Å². The zero-order valence-electron chi connectivity index (χ0n) is 5.44. The van der Waals surface area contributed by atoms with Crippen molar-refractivity contribution in [2.45, 2.75) is 5.33 Å². The van der Waals surface area contributed by atoms with Crippen LogP contribution in [0, 0.1) is 0 Å². The normalized spacial score (nSPS) is 10.1. The lowest BCUT2D eigenvalue weighted by molar-refractivity contribution is 0.471. The minimum absolute atomic E-state index is 0.0519. The summed E-state index contributed by atoms with van der Waals surface area (Å²) >= 11 is 14.6. The Hall–Kier alpha value is 0.0800. The summed E-state index contributed by atoms with van der Waals surface area (Å²) in [5.74, 6) is 0.0519. The van der Waals surface area contributed by atoms with Crippen LogP contribution < -0.4 is 0 Å². The van der Waals surface area contributed by atoms with E-state index in [0.29, 0.717) is 20.9 Å². The van der Waals surface area contributed by atoms with Gasteiger partial charge in [-0.05, 0) is 12.1 Å². The summed E-state index contributed by atoms with van der Waals surface area (Å²) in [5, 5.41) is 10.7. The summed E-state index contributed by atoms with van der Waals surface area (Å²) in [5.41, 5.74) is 0.624. The molecule has 1 aromatic carbocycles. The van der Waals surface area contributed by atoms with Crippen molar-refractivity contribution in [3.63, 3.8) is 0 Å². The highest BCUT2D eigenvalue weighted by molar-refractivity contribution is 9.08. The van der Waals surface area contributed by atoms with E-state index >= 15 is 0 Å². The molecule has 0 heterocycles. The van der Waals surface area contributed by atoms with Crippen LogP contribution in [-0.2, 0) is 5.33 Å². The second-order valence-electron chi connectivity index (χ2n) is 1.99. The molecule has 4 heteroatoms. The number of hydrogen-bond donors (Lipinski definition) is 1. The molecule has 0 unspecified atom stereocenters. The molecule has 0 atom stereocenters. The average molecular weight is 256 g/mol. The van der Waals surface area contributed by atoms with E-state index in [1.54, 1.807) is 12.1 Å². The Morgan fingerprint density at radius 3 is 2.27 bits per heavy atom. The van der Waals surface area contributed by atoms with Crippen molar-refractivity contribution in [3.05, 3.63) is 27.7 Å². The van der Waals surface area contributed by atoms with Gasteiger partial charge in [-0.3, -0.25) is 0 Å². The highest BCUT2D eigenvalue weighted by Crippen LogP contribution is 2.33. The van der Waals surface area contributed by atoms with Crippen molar-refractivity contribution in [2.75, 3.05) is 0 Å². The van der Waals surface area contributed by atoms with E-state index in [1.807, 2.05) is 0 Å². The summed E-state index contributed by atoms with van der Waals surface area (Å²) in [6, 6.07) is 3.21. The first-order chi connectivity index (χ1) is 5.16. The van der Waals surface area contributed by atoms with Crippen molar-refractivity contribution in [1.29, 1.82) is 0 Å². The van der Waals surface area contributed by atoms with E-state index in [0.717, 1.165) is 0 Å². The summed E-state index contributed by atoms with van der Waals surface area (Å²) < 4.78 is 0. The molecule has 11 heavy (non-hydrogen) atoms. The van der Waals surface area contributed by atoms with Crippen LogP contribution in [0.3, 0.4) is 0 Å². The minimum Gasteiger partial charge on any atom is -0.506 e. The number of hydrogen-bond acceptors (Lipinski definition) is 1. The van der Waals surface area contributed by atoms with Crippen LogP contribution >= 0.6 is 39.1 Å². The van der Waals surface area contributed by atoms with Crippen LogP contribution in [-0.4, -0.2) is 5.11 Å². The fourth-order valence-electron chi connectivity index (χ4n) is 0.710. The molecule has 0 aliphatic rings. The van der Waals surface area contributed by atoms with Gasteiger partial charge in [0.2, 0.25) is 0 Å². The van der Waals surface area contributed by atoms with Crippen LogP contribution in [0.25, 0.3) is 0 Å². The van der Waals surface area contributed by atoms with Crippen LogP contribution in [0.2, 0.25) is 10.0 Å². The van der Waals surface area contributed by atoms with Gasteiger partial charge < -0.3 is 5.11 Å². The van der Waals surface area contributed by atoms with Crippen LogP contribution in [0.5, 0.6) is 5.75 Å². The van der Waals surface area contributed by atoms with Gasteiger partial charge >= 0.3 is 0 Å². The Morgan fingerprint density at radius 2 is 1.82 bits per heavy atom. The SMILES string of the molecule is Oc1c(Cl)ccc(Cl)c1CBr. The molecular formula is C7H5BrCl2O. The first-order valence-electron chi connectivity index (χ1n) is 2.88. The van der Waals surface area contributed by atoms with E-state index in [1.165, 1.54) is 0 Å². The predicted molar refractivity (Wildman–Crippen MR) is 50.8 cm³/mol. The number of aromatic hydroxyl groups is 1. The van der Waals surface area contributed by atoms with Crippen LogP contribution in [0.15, 0.2) is 12.1 Å². The van der Waals surface area contributed by atoms with E-state index in [9.17, 15) is 5.11 Å². The van der Waals surface area contributed by atoms with Crippen molar-refractivity contribution in [2.24, 2.45) is 0 Å².